The van der Waals surface area contributed by atoms with Crippen LogP contribution in [0.1, 0.15) is 48.0 Å². The third-order valence-corrected chi connectivity index (χ3v) is 5.62. The quantitative estimate of drug-likeness (QED) is 0.940. The number of carbonyl (C=O) groups is 1. The maximum Gasteiger partial charge on any atom is 0.255 e. The molecular weight excluding hydrogens is 300 g/mol. The first-order valence-electron chi connectivity index (χ1n) is 9.17. The Morgan fingerprint density at radius 3 is 2.96 bits per heavy atom. The van der Waals surface area contributed by atoms with Crippen molar-refractivity contribution >= 4 is 11.4 Å². The van der Waals surface area contributed by atoms with Crippen LogP contribution >= 0.6 is 0 Å². The summed E-state index contributed by atoms with van der Waals surface area (Å²) in [6.45, 7) is 5.13. The molecule has 2 aliphatic rings. The van der Waals surface area contributed by atoms with Gasteiger partial charge in [0, 0.05) is 25.3 Å². The summed E-state index contributed by atoms with van der Waals surface area (Å²) in [5, 5.41) is 7.42. The average Bonchev–Trinajstić information content (AvgIpc) is 3.31. The molecule has 3 heterocycles. The minimum atomic E-state index is -0.00632. The maximum atomic E-state index is 12.5. The highest BCUT2D eigenvalue weighted by molar-refractivity contribution is 6.00. The van der Waals surface area contributed by atoms with Crippen molar-refractivity contribution in [2.45, 2.75) is 45.1 Å². The second-order valence-electron chi connectivity index (χ2n) is 7.39. The van der Waals surface area contributed by atoms with Gasteiger partial charge in [-0.15, -0.1) is 0 Å². The molecule has 4 rings (SSSR count). The number of aromatic nitrogens is 2. The second kappa shape index (κ2) is 6.55. The smallest absolute Gasteiger partial charge is 0.255 e. The van der Waals surface area contributed by atoms with E-state index in [0.29, 0.717) is 11.5 Å². The summed E-state index contributed by atoms with van der Waals surface area (Å²) >= 11 is 0. The lowest BCUT2D eigenvalue weighted by Gasteiger charge is -2.23. The van der Waals surface area contributed by atoms with Gasteiger partial charge >= 0.3 is 0 Å². The molecule has 1 amide bonds. The summed E-state index contributed by atoms with van der Waals surface area (Å²) in [4.78, 5) is 15.2. The van der Waals surface area contributed by atoms with E-state index in [1.807, 2.05) is 25.3 Å². The summed E-state index contributed by atoms with van der Waals surface area (Å²) < 4.78 is 1.78. The van der Waals surface area contributed by atoms with Gasteiger partial charge in [0.2, 0.25) is 0 Å². The van der Waals surface area contributed by atoms with Crippen LogP contribution in [0, 0.1) is 12.8 Å². The van der Waals surface area contributed by atoms with Gasteiger partial charge in [-0.1, -0.05) is 18.9 Å². The van der Waals surface area contributed by atoms with Crippen molar-refractivity contribution in [1.82, 2.24) is 19.8 Å². The van der Waals surface area contributed by atoms with Gasteiger partial charge in [-0.3, -0.25) is 4.79 Å². The third-order valence-electron chi connectivity index (χ3n) is 5.62. The van der Waals surface area contributed by atoms with E-state index >= 15 is 0 Å². The molecule has 2 aromatic heterocycles. The van der Waals surface area contributed by atoms with Crippen LogP contribution in [0.15, 0.2) is 24.5 Å². The number of pyridine rings is 1. The number of carbonyl (C=O) groups excluding carboxylic acids is 1. The zero-order chi connectivity index (χ0) is 16.5. The molecule has 128 valence electrons. The number of amides is 1. The number of aryl methyl sites for hydroxylation is 1. The highest BCUT2D eigenvalue weighted by Gasteiger charge is 2.30. The van der Waals surface area contributed by atoms with Gasteiger partial charge in [0.1, 0.15) is 0 Å². The number of rotatable bonds is 4. The Bertz CT molecular complexity index is 732. The predicted molar refractivity (Wildman–Crippen MR) is 94.2 cm³/mol. The number of hydrogen-bond acceptors (Lipinski definition) is 3. The molecule has 2 aromatic rings. The number of nitrogens with zero attached hydrogens (tertiary/aromatic N) is 3. The molecule has 1 aliphatic carbocycles. The fourth-order valence-electron chi connectivity index (χ4n) is 4.22. The van der Waals surface area contributed by atoms with Crippen molar-refractivity contribution in [3.63, 3.8) is 0 Å². The number of hydrogen-bond donors (Lipinski definition) is 1. The summed E-state index contributed by atoms with van der Waals surface area (Å²) in [6, 6.07) is 4.78. The SMILES string of the molecule is Cc1ccc2c(C(=O)NCC3CCN(C4CCCC4)C3)cnn2c1. The monoisotopic (exact) mass is 326 g/mol. The van der Waals surface area contributed by atoms with Crippen LogP contribution in [0.2, 0.25) is 0 Å². The normalized spacial score (nSPS) is 22.5. The maximum absolute atomic E-state index is 12.5. The molecular formula is C19H26N4O. The largest absolute Gasteiger partial charge is 0.352 e. The van der Waals surface area contributed by atoms with E-state index in [4.69, 9.17) is 0 Å². The molecule has 0 radical (unpaired) electrons. The number of likely N-dealkylation sites (tertiary alicyclic amines) is 1. The minimum absolute atomic E-state index is 0.00632. The Balaban J connectivity index is 1.34. The van der Waals surface area contributed by atoms with E-state index in [1.54, 1.807) is 10.7 Å². The molecule has 0 aromatic carbocycles. The van der Waals surface area contributed by atoms with E-state index in [-0.39, 0.29) is 5.91 Å². The molecule has 1 aliphatic heterocycles. The van der Waals surface area contributed by atoms with E-state index in [9.17, 15) is 4.79 Å². The highest BCUT2D eigenvalue weighted by atomic mass is 16.1. The Labute approximate surface area is 143 Å². The molecule has 1 saturated carbocycles. The first-order valence-corrected chi connectivity index (χ1v) is 9.17. The first-order chi connectivity index (χ1) is 11.7. The van der Waals surface area contributed by atoms with E-state index in [2.05, 4.69) is 15.3 Å². The van der Waals surface area contributed by atoms with Crippen LogP contribution in [-0.2, 0) is 0 Å². The second-order valence-corrected chi connectivity index (χ2v) is 7.39. The zero-order valence-corrected chi connectivity index (χ0v) is 14.4. The van der Waals surface area contributed by atoms with Crippen molar-refractivity contribution in [3.8, 4) is 0 Å². The van der Waals surface area contributed by atoms with Crippen LogP contribution in [0.3, 0.4) is 0 Å². The van der Waals surface area contributed by atoms with Crippen LogP contribution < -0.4 is 5.32 Å². The Kier molecular flexibility index (Phi) is 4.27. The zero-order valence-electron chi connectivity index (χ0n) is 14.4. The number of fused-ring (bicyclic) bond motifs is 1. The van der Waals surface area contributed by atoms with Crippen LogP contribution in [0.25, 0.3) is 5.52 Å². The predicted octanol–water partition coefficient (Wildman–Crippen LogP) is 2.64. The van der Waals surface area contributed by atoms with Crippen LogP contribution in [-0.4, -0.2) is 46.1 Å². The van der Waals surface area contributed by atoms with Gasteiger partial charge in [0.25, 0.3) is 5.91 Å². The molecule has 5 nitrogen and oxygen atoms in total. The molecule has 1 saturated heterocycles. The lowest BCUT2D eigenvalue weighted by Crippen LogP contribution is -2.34. The molecule has 1 unspecified atom stereocenters. The molecule has 5 heteroatoms. The minimum Gasteiger partial charge on any atom is -0.352 e. The standard InChI is InChI=1S/C19H26N4O/c1-14-6-7-18-17(11-21-23(18)12-14)19(24)20-10-15-8-9-22(13-15)16-4-2-3-5-16/h6-7,11-12,15-16H,2-5,8-10,13H2,1H3,(H,20,24). The average molecular weight is 326 g/mol. The van der Waals surface area contributed by atoms with E-state index in [0.717, 1.165) is 30.2 Å². The van der Waals surface area contributed by atoms with Gasteiger partial charge in [-0.05, 0) is 50.3 Å². The fourth-order valence-corrected chi connectivity index (χ4v) is 4.22. The summed E-state index contributed by atoms with van der Waals surface area (Å²) in [7, 11) is 0. The third kappa shape index (κ3) is 3.05. The van der Waals surface area contributed by atoms with Crippen molar-refractivity contribution in [2.75, 3.05) is 19.6 Å². The lowest BCUT2D eigenvalue weighted by molar-refractivity contribution is 0.0948. The summed E-state index contributed by atoms with van der Waals surface area (Å²) in [5.74, 6) is 0.576. The van der Waals surface area contributed by atoms with Crippen molar-refractivity contribution < 1.29 is 4.79 Å². The van der Waals surface area contributed by atoms with Gasteiger partial charge in [-0.25, -0.2) is 4.52 Å². The van der Waals surface area contributed by atoms with Crippen LogP contribution in [0.5, 0.6) is 0 Å². The first kappa shape index (κ1) is 15.6. The van der Waals surface area contributed by atoms with Gasteiger partial charge < -0.3 is 10.2 Å². The van der Waals surface area contributed by atoms with Gasteiger partial charge in [0.15, 0.2) is 0 Å². The van der Waals surface area contributed by atoms with Crippen molar-refractivity contribution in [1.29, 1.82) is 0 Å². The molecule has 0 bridgehead atoms. The summed E-state index contributed by atoms with van der Waals surface area (Å²) in [5.41, 5.74) is 2.67. The van der Waals surface area contributed by atoms with Crippen molar-refractivity contribution in [2.24, 2.45) is 5.92 Å². The Morgan fingerprint density at radius 2 is 2.12 bits per heavy atom. The fraction of sp³-hybridized carbons (Fsp3) is 0.579. The number of nitrogens with one attached hydrogen (secondary N) is 1. The molecule has 0 spiro atoms. The molecule has 1 N–H and O–H groups in total. The van der Waals surface area contributed by atoms with Gasteiger partial charge in [0.05, 0.1) is 17.3 Å². The molecule has 2 fully saturated rings. The highest BCUT2D eigenvalue weighted by Crippen LogP contribution is 2.28. The molecule has 1 atom stereocenters. The van der Waals surface area contributed by atoms with Crippen LogP contribution in [0.4, 0.5) is 0 Å². The van der Waals surface area contributed by atoms with E-state index < -0.39 is 0 Å². The topological polar surface area (TPSA) is 49.6 Å². The lowest BCUT2D eigenvalue weighted by atomic mass is 10.1. The Morgan fingerprint density at radius 1 is 1.29 bits per heavy atom. The molecule has 24 heavy (non-hydrogen) atoms. The van der Waals surface area contributed by atoms with Crippen molar-refractivity contribution in [3.05, 3.63) is 35.7 Å². The van der Waals surface area contributed by atoms with E-state index in [1.165, 1.54) is 38.6 Å². The Hall–Kier alpha value is -1.88. The summed E-state index contributed by atoms with van der Waals surface area (Å²) in [6.07, 6.45) is 10.3. The van der Waals surface area contributed by atoms with Gasteiger partial charge in [-0.2, -0.15) is 5.10 Å².